The fraction of sp³-hybridized carbons (Fsp3) is 0. The average Bonchev–Trinajstić information content (AvgIpc) is 2.05. The molecule has 0 aliphatic carbocycles. The molecule has 0 bridgehead atoms. The second-order valence-corrected chi connectivity index (χ2v) is 1.74. The first kappa shape index (κ1) is 10.7. The molecule has 1 aromatic carbocycles. The van der Waals surface area contributed by atoms with Crippen LogP contribution in [-0.2, 0) is 4.89 Å². The smallest absolute Gasteiger partial charge is 0.296 e. The summed E-state index contributed by atoms with van der Waals surface area (Å²) in [5, 5.41) is 7.94. The summed E-state index contributed by atoms with van der Waals surface area (Å²) in [4.78, 5) is 14.0. The van der Waals surface area contributed by atoms with E-state index in [4.69, 9.17) is 5.26 Å². The number of carbonyl (C=O) groups is 1. The molecule has 3 nitrogen and oxygen atoms in total. The van der Waals surface area contributed by atoms with E-state index < -0.39 is 5.97 Å². The van der Waals surface area contributed by atoms with Gasteiger partial charge in [-0.25, -0.2) is 4.79 Å². The third-order valence-corrected chi connectivity index (χ3v) is 1.09. The average molecular weight is 161 g/mol. The van der Waals surface area contributed by atoms with Crippen LogP contribution >= 0.6 is 0 Å². The van der Waals surface area contributed by atoms with Gasteiger partial charge in [-0.15, -0.1) is 0 Å². The first-order chi connectivity index (χ1) is 4.84. The molecular formula is C7H6NaO3. The van der Waals surface area contributed by atoms with Gasteiger partial charge in [0, 0.05) is 29.6 Å². The van der Waals surface area contributed by atoms with E-state index >= 15 is 0 Å². The Morgan fingerprint density at radius 2 is 1.82 bits per heavy atom. The summed E-state index contributed by atoms with van der Waals surface area (Å²) < 4.78 is 0. The topological polar surface area (TPSA) is 46.5 Å². The van der Waals surface area contributed by atoms with Crippen LogP contribution in [0.25, 0.3) is 0 Å². The molecule has 0 amide bonds. The van der Waals surface area contributed by atoms with Crippen molar-refractivity contribution in [2.24, 2.45) is 0 Å². The van der Waals surface area contributed by atoms with E-state index in [1.807, 2.05) is 0 Å². The SMILES string of the molecule is O=C(OO)c1ccccc1.[Na]. The Morgan fingerprint density at radius 1 is 1.27 bits per heavy atom. The molecule has 1 radical (unpaired) electrons. The predicted molar refractivity (Wildman–Crippen MR) is 40.2 cm³/mol. The standard InChI is InChI=1S/C7H6O3.Na/c8-7(10-9)6-4-2-1-3-5-6;/h1-5,9H;. The zero-order chi connectivity index (χ0) is 7.40. The van der Waals surface area contributed by atoms with Crippen LogP contribution in [0.4, 0.5) is 0 Å². The molecule has 0 aliphatic rings. The van der Waals surface area contributed by atoms with E-state index in [9.17, 15) is 4.79 Å². The Kier molecular flexibility index (Phi) is 5.15. The summed E-state index contributed by atoms with van der Waals surface area (Å²) in [5.41, 5.74) is 0.338. The fourth-order valence-electron chi connectivity index (χ4n) is 0.627. The van der Waals surface area contributed by atoms with Crippen LogP contribution in [0.2, 0.25) is 0 Å². The van der Waals surface area contributed by atoms with Crippen molar-refractivity contribution in [2.45, 2.75) is 0 Å². The number of carbonyl (C=O) groups excluding carboxylic acids is 1. The van der Waals surface area contributed by atoms with Crippen molar-refractivity contribution >= 4 is 35.5 Å². The van der Waals surface area contributed by atoms with Crippen LogP contribution in [0.3, 0.4) is 0 Å². The van der Waals surface area contributed by atoms with E-state index in [0.29, 0.717) is 5.56 Å². The van der Waals surface area contributed by atoms with Gasteiger partial charge in [0.1, 0.15) is 0 Å². The number of rotatable bonds is 1. The molecule has 11 heavy (non-hydrogen) atoms. The Bertz CT molecular complexity index is 222. The van der Waals surface area contributed by atoms with Crippen molar-refractivity contribution in [3.05, 3.63) is 35.9 Å². The maximum Gasteiger partial charge on any atom is 0.372 e. The Balaban J connectivity index is 0.000001000. The minimum Gasteiger partial charge on any atom is -0.296 e. The predicted octanol–water partition coefficient (Wildman–Crippen LogP) is 0.936. The van der Waals surface area contributed by atoms with Gasteiger partial charge in [-0.05, 0) is 12.1 Å². The summed E-state index contributed by atoms with van der Waals surface area (Å²) >= 11 is 0. The Morgan fingerprint density at radius 3 is 2.27 bits per heavy atom. The summed E-state index contributed by atoms with van der Waals surface area (Å²) in [7, 11) is 0. The Labute approximate surface area is 86.2 Å². The van der Waals surface area contributed by atoms with Gasteiger partial charge in [0.25, 0.3) is 0 Å². The van der Waals surface area contributed by atoms with Gasteiger partial charge < -0.3 is 0 Å². The first-order valence-corrected chi connectivity index (χ1v) is 2.75. The largest absolute Gasteiger partial charge is 0.372 e. The molecule has 4 heteroatoms. The van der Waals surface area contributed by atoms with Crippen LogP contribution in [0.5, 0.6) is 0 Å². The molecule has 1 aromatic rings. The van der Waals surface area contributed by atoms with E-state index in [2.05, 4.69) is 4.89 Å². The normalized spacial score (nSPS) is 8.09. The molecule has 0 saturated heterocycles. The van der Waals surface area contributed by atoms with E-state index in [1.54, 1.807) is 30.3 Å². The van der Waals surface area contributed by atoms with Crippen LogP contribution in [0.1, 0.15) is 10.4 Å². The molecule has 1 N–H and O–H groups in total. The molecule has 1 rings (SSSR count). The van der Waals surface area contributed by atoms with Gasteiger partial charge in [-0.1, -0.05) is 18.2 Å². The maximum absolute atomic E-state index is 10.5. The minimum atomic E-state index is -0.736. The molecule has 0 atom stereocenters. The molecule has 53 valence electrons. The summed E-state index contributed by atoms with van der Waals surface area (Å²) in [5.74, 6) is -0.736. The summed E-state index contributed by atoms with van der Waals surface area (Å²) in [6.07, 6.45) is 0. The van der Waals surface area contributed by atoms with Crippen LogP contribution in [0, 0.1) is 0 Å². The van der Waals surface area contributed by atoms with Gasteiger partial charge in [-0.2, -0.15) is 5.26 Å². The van der Waals surface area contributed by atoms with Crippen LogP contribution in [-0.4, -0.2) is 40.8 Å². The van der Waals surface area contributed by atoms with Crippen molar-refractivity contribution in [1.82, 2.24) is 0 Å². The van der Waals surface area contributed by atoms with Crippen molar-refractivity contribution in [1.29, 1.82) is 0 Å². The van der Waals surface area contributed by atoms with Gasteiger partial charge in [0.15, 0.2) is 0 Å². The molecule has 0 saturated carbocycles. The van der Waals surface area contributed by atoms with E-state index in [0.717, 1.165) is 0 Å². The zero-order valence-electron chi connectivity index (χ0n) is 6.15. The van der Waals surface area contributed by atoms with E-state index in [1.165, 1.54) is 0 Å². The minimum absolute atomic E-state index is 0. The van der Waals surface area contributed by atoms with Crippen molar-refractivity contribution < 1.29 is 14.9 Å². The van der Waals surface area contributed by atoms with Crippen molar-refractivity contribution in [3.8, 4) is 0 Å². The third-order valence-electron chi connectivity index (χ3n) is 1.09. The second kappa shape index (κ2) is 5.32. The second-order valence-electron chi connectivity index (χ2n) is 1.74. The molecular weight excluding hydrogens is 155 g/mol. The molecule has 0 heterocycles. The molecule has 0 fully saturated rings. The number of hydrogen-bond acceptors (Lipinski definition) is 3. The van der Waals surface area contributed by atoms with Gasteiger partial charge in [0.05, 0.1) is 5.56 Å². The monoisotopic (exact) mass is 161 g/mol. The van der Waals surface area contributed by atoms with E-state index in [-0.39, 0.29) is 29.6 Å². The van der Waals surface area contributed by atoms with Crippen molar-refractivity contribution in [3.63, 3.8) is 0 Å². The quantitative estimate of drug-likeness (QED) is 0.378. The Hall–Kier alpha value is -0.350. The van der Waals surface area contributed by atoms with Gasteiger partial charge >= 0.3 is 5.97 Å². The summed E-state index contributed by atoms with van der Waals surface area (Å²) in [6, 6.07) is 8.25. The molecule has 0 unspecified atom stereocenters. The van der Waals surface area contributed by atoms with Gasteiger partial charge in [0.2, 0.25) is 0 Å². The third kappa shape index (κ3) is 3.03. The number of benzene rings is 1. The molecule has 0 spiro atoms. The molecule has 0 aliphatic heterocycles. The van der Waals surface area contributed by atoms with Gasteiger partial charge in [-0.3, -0.25) is 4.89 Å². The maximum atomic E-state index is 10.5. The zero-order valence-corrected chi connectivity index (χ0v) is 8.15. The van der Waals surface area contributed by atoms with Crippen LogP contribution in [0.15, 0.2) is 30.3 Å². The molecule has 0 aromatic heterocycles. The van der Waals surface area contributed by atoms with Crippen LogP contribution < -0.4 is 0 Å². The van der Waals surface area contributed by atoms with Crippen molar-refractivity contribution in [2.75, 3.05) is 0 Å². The fourth-order valence-corrected chi connectivity index (χ4v) is 0.627. The summed E-state index contributed by atoms with van der Waals surface area (Å²) in [6.45, 7) is 0. The first-order valence-electron chi connectivity index (χ1n) is 2.75. The number of hydrogen-bond donors (Lipinski definition) is 1.